The second kappa shape index (κ2) is 37.7. The number of hydrogen-bond acceptors (Lipinski definition) is 14. The molecule has 0 aromatic rings. The van der Waals surface area contributed by atoms with Crippen LogP contribution in [0.4, 0.5) is 0 Å². The first-order valence-electron chi connectivity index (χ1n) is 23.3. The van der Waals surface area contributed by atoms with Crippen LogP contribution in [0.15, 0.2) is 97.2 Å². The molecule has 0 amide bonds. The lowest BCUT2D eigenvalue weighted by atomic mass is 9.85. The van der Waals surface area contributed by atoms with Crippen molar-refractivity contribution in [1.82, 2.24) is 0 Å². The van der Waals surface area contributed by atoms with Crippen LogP contribution in [-0.2, 0) is 32.7 Å². The van der Waals surface area contributed by atoms with E-state index in [1.54, 1.807) is 42.5 Å². The summed E-state index contributed by atoms with van der Waals surface area (Å²) in [5, 5.41) is 70.1. The molecule has 0 saturated heterocycles. The van der Waals surface area contributed by atoms with Gasteiger partial charge < -0.3 is 50.1 Å². The Morgan fingerprint density at radius 2 is 1.08 bits per heavy atom. The number of phosphoric ester groups is 1. The maximum atomic E-state index is 12.8. The molecule has 8 N–H and O–H groups in total. The summed E-state index contributed by atoms with van der Waals surface area (Å²) in [5.41, 5.74) is 0. The van der Waals surface area contributed by atoms with Crippen LogP contribution in [0.1, 0.15) is 129 Å². The van der Waals surface area contributed by atoms with Crippen molar-refractivity contribution in [2.45, 2.75) is 184 Å². The molecule has 0 aliphatic heterocycles. The predicted molar refractivity (Wildman–Crippen MR) is 251 cm³/mol. The molecule has 0 spiro atoms. The zero-order valence-electron chi connectivity index (χ0n) is 38.5. The first-order valence-corrected chi connectivity index (χ1v) is 24.8. The van der Waals surface area contributed by atoms with E-state index in [0.717, 1.165) is 51.4 Å². The SMILES string of the molecule is CC/C=C\C[C@@H](O)/C=C/C=C\C=C\[C@@H](O)C/C=C\C/C=C\CCC(=O)OC[C@H](COP(=O)(O)OC1[C@H](O)[C@H](O)C(O)[C@H](O)[C@H]1O)OC(=O)CCCCCCC/C=C\C/C=C\CCCCC. The van der Waals surface area contributed by atoms with E-state index in [4.69, 9.17) is 18.5 Å². The third kappa shape index (κ3) is 30.6. The van der Waals surface area contributed by atoms with E-state index in [9.17, 15) is 54.8 Å². The minimum atomic E-state index is -5.17. The average molecular weight is 939 g/mol. The molecule has 3 unspecified atom stereocenters. The van der Waals surface area contributed by atoms with Crippen LogP contribution in [0.25, 0.3) is 0 Å². The summed E-state index contributed by atoms with van der Waals surface area (Å²) >= 11 is 0. The van der Waals surface area contributed by atoms with Gasteiger partial charge in [-0.3, -0.25) is 18.6 Å². The van der Waals surface area contributed by atoms with Crippen molar-refractivity contribution in [1.29, 1.82) is 0 Å². The van der Waals surface area contributed by atoms with E-state index in [1.165, 1.54) is 19.3 Å². The quantitative estimate of drug-likeness (QED) is 0.0104. The van der Waals surface area contributed by atoms with Crippen molar-refractivity contribution in [2.75, 3.05) is 13.2 Å². The fraction of sp³-hybridized carbons (Fsp3) is 0.633. The van der Waals surface area contributed by atoms with Crippen molar-refractivity contribution in [3.8, 4) is 0 Å². The number of allylic oxidation sites excluding steroid dienone is 12. The molecule has 1 aliphatic carbocycles. The molecule has 65 heavy (non-hydrogen) atoms. The van der Waals surface area contributed by atoms with Crippen LogP contribution in [0, 0.1) is 0 Å². The van der Waals surface area contributed by atoms with Gasteiger partial charge in [0.1, 0.15) is 43.2 Å². The maximum absolute atomic E-state index is 12.8. The van der Waals surface area contributed by atoms with Crippen molar-refractivity contribution < 1.29 is 73.3 Å². The molecule has 370 valence electrons. The van der Waals surface area contributed by atoms with E-state index in [1.807, 2.05) is 37.3 Å². The lowest BCUT2D eigenvalue weighted by molar-refractivity contribution is -0.220. The van der Waals surface area contributed by atoms with Crippen LogP contribution >= 0.6 is 7.82 Å². The van der Waals surface area contributed by atoms with E-state index in [0.29, 0.717) is 32.1 Å². The van der Waals surface area contributed by atoms with Crippen LogP contribution in [0.2, 0.25) is 0 Å². The van der Waals surface area contributed by atoms with E-state index in [-0.39, 0.29) is 12.8 Å². The highest BCUT2D eigenvalue weighted by atomic mass is 31.2. The largest absolute Gasteiger partial charge is 0.472 e. The first-order chi connectivity index (χ1) is 31.2. The van der Waals surface area contributed by atoms with Crippen molar-refractivity contribution in [3.63, 3.8) is 0 Å². The summed E-state index contributed by atoms with van der Waals surface area (Å²) in [6.07, 6.45) is 29.5. The number of ether oxygens (including phenoxy) is 2. The first kappa shape index (κ1) is 59.7. The number of carbonyl (C=O) groups is 2. The summed E-state index contributed by atoms with van der Waals surface area (Å²) in [4.78, 5) is 35.7. The Morgan fingerprint density at radius 1 is 0.569 bits per heavy atom. The minimum Gasteiger partial charge on any atom is -0.462 e. The molecular formula is C49H79O15P. The second-order valence-electron chi connectivity index (χ2n) is 15.9. The van der Waals surface area contributed by atoms with Gasteiger partial charge in [-0.15, -0.1) is 0 Å². The summed E-state index contributed by atoms with van der Waals surface area (Å²) in [6, 6.07) is 0. The predicted octanol–water partition coefficient (Wildman–Crippen LogP) is 6.99. The lowest BCUT2D eigenvalue weighted by Gasteiger charge is -2.41. The van der Waals surface area contributed by atoms with Gasteiger partial charge >= 0.3 is 19.8 Å². The number of aliphatic hydroxyl groups excluding tert-OH is 7. The van der Waals surface area contributed by atoms with E-state index >= 15 is 0 Å². The number of unbranched alkanes of at least 4 members (excludes halogenated alkanes) is 8. The number of aliphatic hydroxyl groups is 7. The Hall–Kier alpha value is -3.31. The third-order valence-corrected chi connectivity index (χ3v) is 11.1. The standard InChI is InChI=1S/C49H79O15P/c1-3-5-7-8-9-10-11-12-13-14-15-16-17-22-30-36-43(53)63-41(38-62-65(59,60)64-49-47(57)45(55)44(54)46(56)48(49)58)37-61-42(52)35-29-21-19-18-20-26-32-40(51)34-28-24-23-27-33-39(50)31-25-6-4-2/h6,9-10,12-13,19-21,23-28,33-34,39-41,44-51,54-58H,3-5,7-8,11,14-18,22,29-32,35-38H2,1-2H3,(H,59,60)/b10-9-,13-12-,21-19-,24-23-,25-6-,26-20-,33-27+,34-28+/t39-,40+,41-,44?,45-,46+,47-,48-,49?/m1/s1. The minimum absolute atomic E-state index is 0.0235. The number of carbonyl (C=O) groups excluding carboxylic acids is 2. The fourth-order valence-electron chi connectivity index (χ4n) is 6.28. The Morgan fingerprint density at radius 3 is 1.66 bits per heavy atom. The molecule has 15 nitrogen and oxygen atoms in total. The van der Waals surface area contributed by atoms with Gasteiger partial charge in [-0.2, -0.15) is 0 Å². The molecule has 0 heterocycles. The summed E-state index contributed by atoms with van der Waals surface area (Å²) in [7, 11) is -5.17. The van der Waals surface area contributed by atoms with E-state index < -0.39 is 87.9 Å². The van der Waals surface area contributed by atoms with Crippen molar-refractivity contribution in [2.24, 2.45) is 0 Å². The van der Waals surface area contributed by atoms with Gasteiger partial charge in [-0.1, -0.05) is 143 Å². The molecular weight excluding hydrogens is 859 g/mol. The van der Waals surface area contributed by atoms with Gasteiger partial charge in [0.05, 0.1) is 18.8 Å². The van der Waals surface area contributed by atoms with Gasteiger partial charge in [-0.25, -0.2) is 4.57 Å². The van der Waals surface area contributed by atoms with Gasteiger partial charge in [0, 0.05) is 12.8 Å². The normalized spacial score (nSPS) is 23.3. The molecule has 1 fully saturated rings. The van der Waals surface area contributed by atoms with Crippen molar-refractivity contribution >= 4 is 19.8 Å². The van der Waals surface area contributed by atoms with E-state index in [2.05, 4.69) is 31.2 Å². The number of hydrogen-bond donors (Lipinski definition) is 8. The monoisotopic (exact) mass is 939 g/mol. The van der Waals surface area contributed by atoms with Gasteiger partial charge in [0.2, 0.25) is 0 Å². The number of esters is 2. The van der Waals surface area contributed by atoms with Crippen LogP contribution < -0.4 is 0 Å². The molecule has 1 rings (SSSR count). The highest BCUT2D eigenvalue weighted by Crippen LogP contribution is 2.47. The lowest BCUT2D eigenvalue weighted by Crippen LogP contribution is -2.64. The van der Waals surface area contributed by atoms with Gasteiger partial charge in [0.25, 0.3) is 0 Å². The Balaban J connectivity index is 2.58. The molecule has 0 aromatic carbocycles. The second-order valence-corrected chi connectivity index (χ2v) is 17.3. The summed E-state index contributed by atoms with van der Waals surface area (Å²) in [6.45, 7) is 2.90. The third-order valence-electron chi connectivity index (χ3n) is 10.1. The molecule has 1 saturated carbocycles. The fourth-order valence-corrected chi connectivity index (χ4v) is 7.25. The van der Waals surface area contributed by atoms with Crippen LogP contribution in [-0.4, -0.2) is 121 Å². The molecule has 0 bridgehead atoms. The summed E-state index contributed by atoms with van der Waals surface area (Å²) in [5.74, 6) is -1.29. The van der Waals surface area contributed by atoms with Gasteiger partial charge in [0.15, 0.2) is 6.10 Å². The molecule has 0 radical (unpaired) electrons. The summed E-state index contributed by atoms with van der Waals surface area (Å²) < 4.78 is 33.4. The van der Waals surface area contributed by atoms with Gasteiger partial charge in [-0.05, 0) is 70.6 Å². The number of rotatable bonds is 36. The molecule has 0 aromatic heterocycles. The van der Waals surface area contributed by atoms with Crippen LogP contribution in [0.3, 0.4) is 0 Å². The Labute approximate surface area is 386 Å². The maximum Gasteiger partial charge on any atom is 0.472 e. The van der Waals surface area contributed by atoms with Crippen molar-refractivity contribution in [3.05, 3.63) is 97.2 Å². The Bertz CT molecular complexity index is 1540. The topological polar surface area (TPSA) is 250 Å². The highest BCUT2D eigenvalue weighted by molar-refractivity contribution is 7.47. The highest BCUT2D eigenvalue weighted by Gasteiger charge is 2.51. The molecule has 10 atom stereocenters. The Kier molecular flexibility index (Phi) is 34.7. The zero-order valence-corrected chi connectivity index (χ0v) is 39.4. The zero-order chi connectivity index (χ0) is 48.1. The average Bonchev–Trinajstić information content (AvgIpc) is 3.28. The number of phosphoric acid groups is 1. The molecule has 1 aliphatic rings. The van der Waals surface area contributed by atoms with Crippen LogP contribution in [0.5, 0.6) is 0 Å². The molecule has 16 heteroatoms. The smallest absolute Gasteiger partial charge is 0.462 e.